The molecule has 5 heteroatoms. The van der Waals surface area contributed by atoms with Gasteiger partial charge in [0.15, 0.2) is 0 Å². The second-order valence-corrected chi connectivity index (χ2v) is 5.43. The van der Waals surface area contributed by atoms with Crippen LogP contribution in [-0.4, -0.2) is 44.7 Å². The summed E-state index contributed by atoms with van der Waals surface area (Å²) in [5.74, 6) is 0.342. The minimum absolute atomic E-state index is 0.263. The van der Waals surface area contributed by atoms with Gasteiger partial charge in [0.25, 0.3) is 0 Å². The lowest BCUT2D eigenvalue weighted by Crippen LogP contribution is -2.41. The first kappa shape index (κ1) is 11.7. The largest absolute Gasteiger partial charge is 0.480 e. The van der Waals surface area contributed by atoms with E-state index in [1.165, 1.54) is 12.8 Å². The highest BCUT2D eigenvalue weighted by molar-refractivity contribution is 5.74. The third-order valence-electron chi connectivity index (χ3n) is 4.44. The van der Waals surface area contributed by atoms with E-state index in [-0.39, 0.29) is 6.04 Å². The summed E-state index contributed by atoms with van der Waals surface area (Å²) in [5, 5.41) is 9.43. The molecule has 0 bridgehead atoms. The van der Waals surface area contributed by atoms with Gasteiger partial charge in [-0.2, -0.15) is 0 Å². The van der Waals surface area contributed by atoms with E-state index in [2.05, 4.69) is 9.88 Å². The van der Waals surface area contributed by atoms with Crippen LogP contribution in [0, 0.1) is 11.8 Å². The van der Waals surface area contributed by atoms with Gasteiger partial charge in [-0.25, -0.2) is 4.98 Å². The zero-order valence-corrected chi connectivity index (χ0v) is 10.4. The van der Waals surface area contributed by atoms with Gasteiger partial charge in [-0.15, -0.1) is 0 Å². The number of carboxylic acid groups (broad SMARTS) is 1. The van der Waals surface area contributed by atoms with Crippen LogP contribution in [0.4, 0.5) is 0 Å². The van der Waals surface area contributed by atoms with Crippen molar-refractivity contribution in [3.63, 3.8) is 0 Å². The monoisotopic (exact) mass is 249 g/mol. The standard InChI is InChI=1S/C13H19N3O2/c17-13(18)12-11-3-1-2-10(11)8-16(12)7-6-15-5-4-14-9-15/h4-5,9-12H,1-3,6-8H2,(H,17,18). The van der Waals surface area contributed by atoms with Crippen LogP contribution in [0.5, 0.6) is 0 Å². The molecule has 2 aliphatic rings. The summed E-state index contributed by atoms with van der Waals surface area (Å²) in [4.78, 5) is 17.6. The van der Waals surface area contributed by atoms with Crippen molar-refractivity contribution in [3.05, 3.63) is 18.7 Å². The summed E-state index contributed by atoms with van der Waals surface area (Å²) in [6.45, 7) is 2.58. The molecule has 5 nitrogen and oxygen atoms in total. The van der Waals surface area contributed by atoms with Gasteiger partial charge in [-0.3, -0.25) is 9.69 Å². The molecule has 1 saturated carbocycles. The molecular formula is C13H19N3O2. The number of hydrogen-bond acceptors (Lipinski definition) is 3. The van der Waals surface area contributed by atoms with E-state index < -0.39 is 5.97 Å². The molecule has 0 amide bonds. The minimum Gasteiger partial charge on any atom is -0.480 e. The first-order valence-electron chi connectivity index (χ1n) is 6.68. The number of hydrogen-bond donors (Lipinski definition) is 1. The summed E-state index contributed by atoms with van der Waals surface area (Å²) in [7, 11) is 0. The van der Waals surface area contributed by atoms with E-state index in [1.807, 2.05) is 10.8 Å². The molecule has 1 aromatic heterocycles. The van der Waals surface area contributed by atoms with Crippen LogP contribution in [-0.2, 0) is 11.3 Å². The van der Waals surface area contributed by atoms with E-state index in [9.17, 15) is 9.90 Å². The molecule has 3 rings (SSSR count). The number of nitrogens with zero attached hydrogens (tertiary/aromatic N) is 3. The summed E-state index contributed by atoms with van der Waals surface area (Å²) in [5.41, 5.74) is 0. The molecule has 1 aliphatic heterocycles. The Labute approximate surface area is 106 Å². The molecule has 18 heavy (non-hydrogen) atoms. The maximum Gasteiger partial charge on any atom is 0.321 e. The molecule has 0 aromatic carbocycles. The fourth-order valence-electron chi connectivity index (χ4n) is 3.63. The van der Waals surface area contributed by atoms with Gasteiger partial charge in [-0.05, 0) is 24.7 Å². The van der Waals surface area contributed by atoms with Crippen LogP contribution in [0.2, 0.25) is 0 Å². The molecule has 3 atom stereocenters. The number of rotatable bonds is 4. The second kappa shape index (κ2) is 4.72. The molecule has 3 unspecified atom stereocenters. The lowest BCUT2D eigenvalue weighted by Gasteiger charge is -2.24. The van der Waals surface area contributed by atoms with Crippen LogP contribution in [0.15, 0.2) is 18.7 Å². The number of aliphatic carboxylic acids is 1. The molecule has 2 heterocycles. The third-order valence-corrected chi connectivity index (χ3v) is 4.44. The van der Waals surface area contributed by atoms with Gasteiger partial charge in [0, 0.05) is 32.0 Å². The summed E-state index contributed by atoms with van der Waals surface area (Å²) < 4.78 is 2.01. The quantitative estimate of drug-likeness (QED) is 0.867. The third kappa shape index (κ3) is 2.03. The lowest BCUT2D eigenvalue weighted by molar-refractivity contribution is -0.143. The molecular weight excluding hydrogens is 230 g/mol. The van der Waals surface area contributed by atoms with Crippen molar-refractivity contribution in [2.24, 2.45) is 11.8 Å². The Kier molecular flexibility index (Phi) is 3.07. The summed E-state index contributed by atoms with van der Waals surface area (Å²) in [6.07, 6.45) is 8.96. The molecule has 2 fully saturated rings. The molecule has 1 aliphatic carbocycles. The van der Waals surface area contributed by atoms with Gasteiger partial charge in [-0.1, -0.05) is 6.42 Å². The Hall–Kier alpha value is -1.36. The average molecular weight is 249 g/mol. The van der Waals surface area contributed by atoms with Crippen molar-refractivity contribution in [1.29, 1.82) is 0 Å². The number of carbonyl (C=O) groups is 1. The molecule has 1 saturated heterocycles. The summed E-state index contributed by atoms with van der Waals surface area (Å²) >= 11 is 0. The van der Waals surface area contributed by atoms with Gasteiger partial charge >= 0.3 is 5.97 Å². The Morgan fingerprint density at radius 1 is 1.39 bits per heavy atom. The summed E-state index contributed by atoms with van der Waals surface area (Å²) in [6, 6.07) is -0.263. The highest BCUT2D eigenvalue weighted by atomic mass is 16.4. The predicted octanol–water partition coefficient (Wildman–Crippen LogP) is 1.07. The van der Waals surface area contributed by atoms with E-state index in [1.54, 1.807) is 12.5 Å². The van der Waals surface area contributed by atoms with E-state index in [0.717, 1.165) is 26.1 Å². The zero-order chi connectivity index (χ0) is 12.5. The first-order valence-corrected chi connectivity index (χ1v) is 6.68. The topological polar surface area (TPSA) is 58.4 Å². The van der Waals surface area contributed by atoms with Crippen molar-refractivity contribution in [2.75, 3.05) is 13.1 Å². The number of imidazole rings is 1. The maximum absolute atomic E-state index is 11.5. The number of fused-ring (bicyclic) bond motifs is 1. The van der Waals surface area contributed by atoms with Gasteiger partial charge in [0.2, 0.25) is 0 Å². The average Bonchev–Trinajstić information content (AvgIpc) is 3.01. The number of aromatic nitrogens is 2. The normalized spacial score (nSPS) is 31.7. The molecule has 0 radical (unpaired) electrons. The fourth-order valence-corrected chi connectivity index (χ4v) is 3.63. The van der Waals surface area contributed by atoms with E-state index >= 15 is 0 Å². The zero-order valence-electron chi connectivity index (χ0n) is 10.4. The van der Waals surface area contributed by atoms with Crippen molar-refractivity contribution < 1.29 is 9.90 Å². The van der Waals surface area contributed by atoms with Crippen LogP contribution in [0.1, 0.15) is 19.3 Å². The Bertz CT molecular complexity index is 418. The highest BCUT2D eigenvalue weighted by Gasteiger charge is 2.47. The second-order valence-electron chi connectivity index (χ2n) is 5.43. The smallest absolute Gasteiger partial charge is 0.321 e. The number of carboxylic acids is 1. The molecule has 98 valence electrons. The van der Waals surface area contributed by atoms with Gasteiger partial charge < -0.3 is 9.67 Å². The van der Waals surface area contributed by atoms with Crippen molar-refractivity contribution in [2.45, 2.75) is 31.8 Å². The lowest BCUT2D eigenvalue weighted by atomic mass is 9.94. The van der Waals surface area contributed by atoms with Crippen LogP contribution >= 0.6 is 0 Å². The Balaban J connectivity index is 1.66. The molecule has 1 aromatic rings. The van der Waals surface area contributed by atoms with E-state index in [0.29, 0.717) is 11.8 Å². The SMILES string of the molecule is O=C(O)C1C2CCCC2CN1CCn1ccnc1. The van der Waals surface area contributed by atoms with Gasteiger partial charge in [0.1, 0.15) is 6.04 Å². The van der Waals surface area contributed by atoms with Crippen molar-refractivity contribution in [1.82, 2.24) is 14.5 Å². The van der Waals surface area contributed by atoms with Crippen molar-refractivity contribution >= 4 is 5.97 Å². The molecule has 1 N–H and O–H groups in total. The highest BCUT2D eigenvalue weighted by Crippen LogP contribution is 2.42. The van der Waals surface area contributed by atoms with Crippen LogP contribution < -0.4 is 0 Å². The minimum atomic E-state index is -0.643. The van der Waals surface area contributed by atoms with Gasteiger partial charge in [0.05, 0.1) is 6.33 Å². The maximum atomic E-state index is 11.5. The van der Waals surface area contributed by atoms with Crippen LogP contribution in [0.25, 0.3) is 0 Å². The predicted molar refractivity (Wildman–Crippen MR) is 66.1 cm³/mol. The number of likely N-dealkylation sites (tertiary alicyclic amines) is 1. The molecule has 0 spiro atoms. The fraction of sp³-hybridized carbons (Fsp3) is 0.692. The Morgan fingerprint density at radius 3 is 3.00 bits per heavy atom. The Morgan fingerprint density at radius 2 is 2.28 bits per heavy atom. The van der Waals surface area contributed by atoms with E-state index in [4.69, 9.17) is 0 Å². The first-order chi connectivity index (χ1) is 8.75. The van der Waals surface area contributed by atoms with Crippen LogP contribution in [0.3, 0.4) is 0 Å². The van der Waals surface area contributed by atoms with Crippen molar-refractivity contribution in [3.8, 4) is 0 Å².